The van der Waals surface area contributed by atoms with Crippen LogP contribution in [0.4, 0.5) is 5.69 Å². The van der Waals surface area contributed by atoms with Crippen LogP contribution in [0.15, 0.2) is 12.1 Å². The third kappa shape index (κ3) is 2.65. The normalized spacial score (nSPS) is 16.7. The van der Waals surface area contributed by atoms with Crippen LogP contribution < -0.4 is 0 Å². The fraction of sp³-hybridized carbons (Fsp3) is 0.462. The van der Waals surface area contributed by atoms with Gasteiger partial charge in [-0.1, -0.05) is 15.9 Å². The van der Waals surface area contributed by atoms with E-state index in [9.17, 15) is 10.1 Å². The standard InChI is InChI=1S/C13H13BrN2O2S/c1-7-15-11-5-9(4-10(14)8-2-3-8)12(16(17)18)6-13(11)19-7/h5-6,8,10H,2-4H2,1H3. The van der Waals surface area contributed by atoms with E-state index in [4.69, 9.17) is 0 Å². The van der Waals surface area contributed by atoms with E-state index in [0.29, 0.717) is 17.2 Å². The number of aryl methyl sites for hydroxylation is 1. The van der Waals surface area contributed by atoms with Crippen LogP contribution in [0.5, 0.6) is 0 Å². The summed E-state index contributed by atoms with van der Waals surface area (Å²) in [5.41, 5.74) is 1.89. The maximum Gasteiger partial charge on any atom is 0.274 e. The average molecular weight is 341 g/mol. The van der Waals surface area contributed by atoms with E-state index in [1.165, 1.54) is 24.2 Å². The van der Waals surface area contributed by atoms with Crippen LogP contribution in [0, 0.1) is 23.0 Å². The van der Waals surface area contributed by atoms with Gasteiger partial charge in [-0.2, -0.15) is 0 Å². The van der Waals surface area contributed by atoms with Gasteiger partial charge in [-0.3, -0.25) is 10.1 Å². The summed E-state index contributed by atoms with van der Waals surface area (Å²) in [6.07, 6.45) is 3.15. The number of benzene rings is 1. The van der Waals surface area contributed by atoms with Gasteiger partial charge in [-0.25, -0.2) is 4.98 Å². The van der Waals surface area contributed by atoms with Crippen molar-refractivity contribution in [3.63, 3.8) is 0 Å². The fourth-order valence-electron chi connectivity index (χ4n) is 2.29. The summed E-state index contributed by atoms with van der Waals surface area (Å²) in [7, 11) is 0. The zero-order valence-corrected chi connectivity index (χ0v) is 12.8. The van der Waals surface area contributed by atoms with E-state index in [1.54, 1.807) is 6.07 Å². The number of nitrogens with zero attached hydrogens (tertiary/aromatic N) is 2. The maximum atomic E-state index is 11.2. The topological polar surface area (TPSA) is 56.0 Å². The molecule has 0 bridgehead atoms. The molecule has 0 N–H and O–H groups in total. The maximum absolute atomic E-state index is 11.2. The number of fused-ring (bicyclic) bond motifs is 1. The lowest BCUT2D eigenvalue weighted by Crippen LogP contribution is -2.07. The van der Waals surface area contributed by atoms with Gasteiger partial charge in [0.2, 0.25) is 0 Å². The van der Waals surface area contributed by atoms with Crippen molar-refractivity contribution >= 4 is 43.2 Å². The summed E-state index contributed by atoms with van der Waals surface area (Å²) in [5.74, 6) is 0.674. The van der Waals surface area contributed by atoms with Crippen molar-refractivity contribution in [1.82, 2.24) is 4.98 Å². The summed E-state index contributed by atoms with van der Waals surface area (Å²) in [4.78, 5) is 15.7. The van der Waals surface area contributed by atoms with E-state index in [-0.39, 0.29) is 10.6 Å². The van der Waals surface area contributed by atoms with Crippen LogP contribution in [-0.4, -0.2) is 14.7 Å². The van der Waals surface area contributed by atoms with Crippen molar-refractivity contribution in [2.24, 2.45) is 5.92 Å². The van der Waals surface area contributed by atoms with Gasteiger partial charge in [0.15, 0.2) is 0 Å². The largest absolute Gasteiger partial charge is 0.274 e. The second-order valence-electron chi connectivity index (χ2n) is 5.00. The smallest absolute Gasteiger partial charge is 0.258 e. The molecule has 3 rings (SSSR count). The first-order valence-corrected chi connectivity index (χ1v) is 7.96. The Bertz CT molecular complexity index is 651. The van der Waals surface area contributed by atoms with Gasteiger partial charge in [-0.05, 0) is 38.2 Å². The lowest BCUT2D eigenvalue weighted by molar-refractivity contribution is -0.385. The molecule has 2 aromatic rings. The number of hydrogen-bond acceptors (Lipinski definition) is 4. The molecule has 0 saturated heterocycles. The number of alkyl halides is 1. The highest BCUT2D eigenvalue weighted by Crippen LogP contribution is 2.40. The molecule has 0 amide bonds. The Morgan fingerprint density at radius 3 is 2.95 bits per heavy atom. The summed E-state index contributed by atoms with van der Waals surface area (Å²) in [5, 5.41) is 12.2. The highest BCUT2D eigenvalue weighted by molar-refractivity contribution is 9.09. The lowest BCUT2D eigenvalue weighted by Gasteiger charge is -2.08. The fourth-order valence-corrected chi connectivity index (χ4v) is 4.01. The Morgan fingerprint density at radius 1 is 1.58 bits per heavy atom. The van der Waals surface area contributed by atoms with Crippen molar-refractivity contribution < 1.29 is 4.92 Å². The summed E-state index contributed by atoms with van der Waals surface area (Å²) < 4.78 is 0.894. The van der Waals surface area contributed by atoms with Gasteiger partial charge in [0, 0.05) is 16.5 Å². The molecule has 6 heteroatoms. The third-order valence-electron chi connectivity index (χ3n) is 3.44. The molecule has 0 aliphatic heterocycles. The molecule has 1 aromatic heterocycles. The Balaban J connectivity index is 2.03. The molecular formula is C13H13BrN2O2S. The summed E-state index contributed by atoms with van der Waals surface area (Å²) in [6.45, 7) is 1.92. The zero-order chi connectivity index (χ0) is 13.6. The molecule has 1 saturated carbocycles. The Labute approximate surface area is 123 Å². The average Bonchev–Trinajstić information content (AvgIpc) is 3.11. The molecule has 19 heavy (non-hydrogen) atoms. The second kappa shape index (κ2) is 4.83. The summed E-state index contributed by atoms with van der Waals surface area (Å²) >= 11 is 5.16. The van der Waals surface area contributed by atoms with E-state index >= 15 is 0 Å². The van der Waals surface area contributed by atoms with Gasteiger partial charge in [0.1, 0.15) is 0 Å². The quantitative estimate of drug-likeness (QED) is 0.475. The number of aromatic nitrogens is 1. The Hall–Kier alpha value is -1.01. The molecule has 1 aliphatic carbocycles. The van der Waals surface area contributed by atoms with Crippen molar-refractivity contribution in [1.29, 1.82) is 0 Å². The summed E-state index contributed by atoms with van der Waals surface area (Å²) in [6, 6.07) is 3.55. The molecular weight excluding hydrogens is 328 g/mol. The first-order chi connectivity index (χ1) is 9.04. The predicted octanol–water partition coefficient (Wildman–Crippen LogP) is 4.23. The molecule has 1 fully saturated rings. The SMILES string of the molecule is Cc1nc2cc(CC(Br)C3CC3)c([N+](=O)[O-])cc2s1. The molecule has 4 nitrogen and oxygen atoms in total. The van der Waals surface area contributed by atoms with Crippen LogP contribution in [0.2, 0.25) is 0 Å². The van der Waals surface area contributed by atoms with Crippen molar-refractivity contribution in [3.05, 3.63) is 32.8 Å². The number of halogens is 1. The van der Waals surface area contributed by atoms with Crippen LogP contribution >= 0.6 is 27.3 Å². The van der Waals surface area contributed by atoms with Crippen LogP contribution in [0.25, 0.3) is 10.2 Å². The van der Waals surface area contributed by atoms with Crippen molar-refractivity contribution in [3.8, 4) is 0 Å². The molecule has 100 valence electrons. The lowest BCUT2D eigenvalue weighted by atomic mass is 10.0. The van der Waals surface area contributed by atoms with E-state index in [0.717, 1.165) is 20.8 Å². The zero-order valence-electron chi connectivity index (χ0n) is 10.4. The number of thiazole rings is 1. The molecule has 1 heterocycles. The number of hydrogen-bond donors (Lipinski definition) is 0. The first-order valence-electron chi connectivity index (χ1n) is 6.23. The Kier molecular flexibility index (Phi) is 3.30. The van der Waals surface area contributed by atoms with Crippen LogP contribution in [0.3, 0.4) is 0 Å². The molecule has 1 aliphatic rings. The minimum atomic E-state index is -0.281. The van der Waals surface area contributed by atoms with Crippen LogP contribution in [-0.2, 0) is 6.42 Å². The van der Waals surface area contributed by atoms with Crippen LogP contribution in [0.1, 0.15) is 23.4 Å². The van der Waals surface area contributed by atoms with Gasteiger partial charge < -0.3 is 0 Å². The van der Waals surface area contributed by atoms with Crippen molar-refractivity contribution in [2.75, 3.05) is 0 Å². The first kappa shape index (κ1) is 13.0. The predicted molar refractivity (Wildman–Crippen MR) is 80.2 cm³/mol. The molecule has 1 atom stereocenters. The number of nitro benzene ring substituents is 1. The minimum Gasteiger partial charge on any atom is -0.258 e. The molecule has 0 spiro atoms. The van der Waals surface area contributed by atoms with Gasteiger partial charge in [0.25, 0.3) is 5.69 Å². The molecule has 1 unspecified atom stereocenters. The van der Waals surface area contributed by atoms with Gasteiger partial charge in [0.05, 0.1) is 20.1 Å². The number of rotatable bonds is 4. The van der Waals surface area contributed by atoms with E-state index in [2.05, 4.69) is 20.9 Å². The van der Waals surface area contributed by atoms with Gasteiger partial charge >= 0.3 is 0 Å². The van der Waals surface area contributed by atoms with Gasteiger partial charge in [-0.15, -0.1) is 11.3 Å². The van der Waals surface area contributed by atoms with E-state index in [1.807, 2.05) is 13.0 Å². The second-order valence-corrected chi connectivity index (χ2v) is 7.41. The Morgan fingerprint density at radius 2 is 2.32 bits per heavy atom. The minimum absolute atomic E-state index is 0.223. The number of nitro groups is 1. The van der Waals surface area contributed by atoms with E-state index < -0.39 is 0 Å². The van der Waals surface area contributed by atoms with Crippen molar-refractivity contribution in [2.45, 2.75) is 31.0 Å². The highest BCUT2D eigenvalue weighted by Gasteiger charge is 2.31. The highest BCUT2D eigenvalue weighted by atomic mass is 79.9. The molecule has 0 radical (unpaired) electrons. The molecule has 1 aromatic carbocycles. The third-order valence-corrected chi connectivity index (χ3v) is 5.45. The monoisotopic (exact) mass is 340 g/mol.